The Bertz CT molecular complexity index is 3510. The summed E-state index contributed by atoms with van der Waals surface area (Å²) in [6.45, 7) is 0. The molecule has 56 heavy (non-hydrogen) atoms. The molecule has 0 radical (unpaired) electrons. The predicted octanol–water partition coefficient (Wildman–Crippen LogP) is 14.7. The van der Waals surface area contributed by atoms with E-state index in [0.717, 1.165) is 16.7 Å². The van der Waals surface area contributed by atoms with E-state index in [9.17, 15) is 0 Å². The summed E-state index contributed by atoms with van der Waals surface area (Å²) in [5.74, 6) is 2.01. The Hall–Kier alpha value is -6.79. The van der Waals surface area contributed by atoms with Gasteiger partial charge in [0.25, 0.3) is 0 Å². The Morgan fingerprint density at radius 3 is 1.48 bits per heavy atom. The van der Waals surface area contributed by atoms with E-state index in [0.29, 0.717) is 17.5 Å². The molecule has 0 atom stereocenters. The van der Waals surface area contributed by atoms with Crippen molar-refractivity contribution in [3.63, 3.8) is 0 Å². The monoisotopic (exact) mass is 747 g/mol. The number of rotatable bonds is 4. The van der Waals surface area contributed by atoms with Crippen molar-refractivity contribution in [3.8, 4) is 45.3 Å². The second kappa shape index (κ2) is 12.4. The van der Waals surface area contributed by atoms with Crippen LogP contribution in [0.5, 0.6) is 0 Å². The highest BCUT2D eigenvalue weighted by Gasteiger charge is 2.18. The zero-order valence-electron chi connectivity index (χ0n) is 29.9. The molecule has 0 fully saturated rings. The summed E-state index contributed by atoms with van der Waals surface area (Å²) in [6, 6.07) is 63.2. The van der Waals surface area contributed by atoms with Gasteiger partial charge in [0, 0.05) is 57.0 Å². The van der Waals surface area contributed by atoms with E-state index in [2.05, 4.69) is 158 Å². The van der Waals surface area contributed by atoms with Crippen LogP contribution in [0.1, 0.15) is 0 Å². The zero-order chi connectivity index (χ0) is 36.7. The molecule has 9 aromatic carbocycles. The molecule has 0 saturated heterocycles. The van der Waals surface area contributed by atoms with Crippen molar-refractivity contribution in [3.05, 3.63) is 176 Å². The van der Waals surface area contributed by atoms with Crippen LogP contribution in [0.4, 0.5) is 0 Å². The Morgan fingerprint density at radius 2 is 0.750 bits per heavy atom. The average molecular weight is 748 g/mol. The molecule has 12 rings (SSSR count). The van der Waals surface area contributed by atoms with E-state index in [1.807, 2.05) is 29.5 Å². The summed E-state index contributed by atoms with van der Waals surface area (Å²) >= 11 is 3.63. The second-order valence-corrected chi connectivity index (χ2v) is 16.4. The number of fused-ring (bicyclic) bond motifs is 12. The van der Waals surface area contributed by atoms with Gasteiger partial charge < -0.3 is 0 Å². The fourth-order valence-electron chi connectivity index (χ4n) is 8.50. The molecule has 12 aromatic rings. The van der Waals surface area contributed by atoms with E-state index in [1.54, 1.807) is 11.3 Å². The van der Waals surface area contributed by atoms with E-state index < -0.39 is 0 Å². The summed E-state index contributed by atoms with van der Waals surface area (Å²) < 4.78 is 4.93. The van der Waals surface area contributed by atoms with Crippen LogP contribution < -0.4 is 0 Å². The molecule has 3 nitrogen and oxygen atoms in total. The summed E-state index contributed by atoms with van der Waals surface area (Å²) in [6.07, 6.45) is 0. The summed E-state index contributed by atoms with van der Waals surface area (Å²) in [4.78, 5) is 15.4. The molecule has 260 valence electrons. The van der Waals surface area contributed by atoms with Crippen LogP contribution in [0, 0.1) is 0 Å². The van der Waals surface area contributed by atoms with Crippen molar-refractivity contribution < 1.29 is 0 Å². The van der Waals surface area contributed by atoms with Crippen LogP contribution >= 0.6 is 22.7 Å². The fourth-order valence-corrected chi connectivity index (χ4v) is 11.0. The van der Waals surface area contributed by atoms with Crippen molar-refractivity contribution in [2.24, 2.45) is 0 Å². The number of thiophene rings is 2. The van der Waals surface area contributed by atoms with Gasteiger partial charge in [-0.1, -0.05) is 152 Å². The number of benzene rings is 9. The molecule has 0 bridgehead atoms. The van der Waals surface area contributed by atoms with E-state index in [-0.39, 0.29) is 0 Å². The molecule has 0 unspecified atom stereocenters. The summed E-state index contributed by atoms with van der Waals surface area (Å²) in [5.41, 5.74) is 5.42. The molecule has 3 heterocycles. The van der Waals surface area contributed by atoms with E-state index in [1.165, 1.54) is 83.8 Å². The molecule has 0 spiro atoms. The Balaban J connectivity index is 1.03. The third-order valence-corrected chi connectivity index (χ3v) is 13.5. The van der Waals surface area contributed by atoms with E-state index >= 15 is 0 Å². The minimum absolute atomic E-state index is 0.666. The normalized spacial score (nSPS) is 11.9. The third kappa shape index (κ3) is 4.85. The van der Waals surface area contributed by atoms with Crippen LogP contribution in [0.25, 0.3) is 118 Å². The molecular formula is C51H29N3S2. The Morgan fingerprint density at radius 1 is 0.268 bits per heavy atom. The summed E-state index contributed by atoms with van der Waals surface area (Å²) in [5, 5.41) is 12.7. The lowest BCUT2D eigenvalue weighted by Crippen LogP contribution is -2.00. The maximum absolute atomic E-state index is 5.21. The molecular weight excluding hydrogens is 719 g/mol. The van der Waals surface area contributed by atoms with Gasteiger partial charge in [-0.05, 0) is 67.7 Å². The van der Waals surface area contributed by atoms with Gasteiger partial charge in [-0.15, -0.1) is 22.7 Å². The molecule has 3 aromatic heterocycles. The van der Waals surface area contributed by atoms with Gasteiger partial charge in [0.2, 0.25) is 0 Å². The Labute approximate surface area is 329 Å². The first kappa shape index (κ1) is 31.5. The fraction of sp³-hybridized carbons (Fsp3) is 0. The van der Waals surface area contributed by atoms with Crippen LogP contribution in [-0.4, -0.2) is 15.0 Å². The van der Waals surface area contributed by atoms with Crippen LogP contribution in [-0.2, 0) is 0 Å². The first-order chi connectivity index (χ1) is 27.7. The molecule has 0 aliphatic rings. The van der Waals surface area contributed by atoms with Crippen molar-refractivity contribution in [2.45, 2.75) is 0 Å². The number of aromatic nitrogens is 3. The predicted molar refractivity (Wildman–Crippen MR) is 240 cm³/mol. The lowest BCUT2D eigenvalue weighted by atomic mass is 9.92. The SMILES string of the molecule is c1ccc(-c2nc(-c3ccc4c(c3)sc3c(-c5ccc6c7ccccc7c7ccccc7c6c5)cccc34)nc(-c3cccc4c3sc3ccccc34)n2)cc1. The number of hydrogen-bond donors (Lipinski definition) is 0. The Kier molecular flexibility index (Phi) is 6.97. The number of nitrogens with zero attached hydrogens (tertiary/aromatic N) is 3. The second-order valence-electron chi connectivity index (χ2n) is 14.3. The van der Waals surface area contributed by atoms with Gasteiger partial charge in [-0.3, -0.25) is 0 Å². The van der Waals surface area contributed by atoms with Gasteiger partial charge in [-0.2, -0.15) is 0 Å². The highest BCUT2D eigenvalue weighted by molar-refractivity contribution is 7.26. The minimum atomic E-state index is 0.666. The average Bonchev–Trinajstić information content (AvgIpc) is 3.85. The minimum Gasteiger partial charge on any atom is -0.208 e. The molecule has 0 aliphatic carbocycles. The van der Waals surface area contributed by atoms with Gasteiger partial charge >= 0.3 is 0 Å². The topological polar surface area (TPSA) is 38.7 Å². The first-order valence-electron chi connectivity index (χ1n) is 18.8. The molecule has 0 saturated carbocycles. The van der Waals surface area contributed by atoms with Gasteiger partial charge in [0.05, 0.1) is 0 Å². The molecule has 0 amide bonds. The highest BCUT2D eigenvalue weighted by atomic mass is 32.1. The quantitative estimate of drug-likeness (QED) is 0.168. The molecule has 5 heteroatoms. The van der Waals surface area contributed by atoms with Crippen LogP contribution in [0.2, 0.25) is 0 Å². The smallest absolute Gasteiger partial charge is 0.165 e. The van der Waals surface area contributed by atoms with E-state index in [4.69, 9.17) is 15.0 Å². The van der Waals surface area contributed by atoms with Crippen molar-refractivity contribution in [2.75, 3.05) is 0 Å². The first-order valence-corrected chi connectivity index (χ1v) is 20.4. The third-order valence-electron chi connectivity index (χ3n) is 11.1. The standard InChI is InChI=1S/C51H29N3S2/c1-2-12-30(13-3-1)49-52-50(54-51(53-49)43-22-11-21-41-39-18-8-9-23-45(39)55-48(41)43)32-25-27-40-42-20-10-19-33(47(42)56-46(40)29-32)31-24-26-38-36-16-5-4-14-34(36)35-15-6-7-17-37(35)44(38)28-31/h1-29H. The molecule has 0 aliphatic heterocycles. The van der Waals surface area contributed by atoms with Crippen molar-refractivity contribution in [1.29, 1.82) is 0 Å². The van der Waals surface area contributed by atoms with Gasteiger partial charge in [0.1, 0.15) is 0 Å². The maximum Gasteiger partial charge on any atom is 0.165 e. The maximum atomic E-state index is 5.21. The van der Waals surface area contributed by atoms with Gasteiger partial charge in [-0.25, -0.2) is 15.0 Å². The lowest BCUT2D eigenvalue weighted by molar-refractivity contribution is 1.08. The van der Waals surface area contributed by atoms with Crippen molar-refractivity contribution >= 4 is 95.3 Å². The molecule has 0 N–H and O–H groups in total. The van der Waals surface area contributed by atoms with Crippen molar-refractivity contribution in [1.82, 2.24) is 15.0 Å². The largest absolute Gasteiger partial charge is 0.208 e. The summed E-state index contributed by atoms with van der Waals surface area (Å²) in [7, 11) is 0. The zero-order valence-corrected chi connectivity index (χ0v) is 31.5. The lowest BCUT2D eigenvalue weighted by Gasteiger charge is -2.12. The number of hydrogen-bond acceptors (Lipinski definition) is 5. The van der Waals surface area contributed by atoms with Crippen LogP contribution in [0.3, 0.4) is 0 Å². The highest BCUT2D eigenvalue weighted by Crippen LogP contribution is 2.44. The van der Waals surface area contributed by atoms with Gasteiger partial charge in [0.15, 0.2) is 17.5 Å². The van der Waals surface area contributed by atoms with Crippen LogP contribution in [0.15, 0.2) is 176 Å².